The second kappa shape index (κ2) is 12.0. The Hall–Kier alpha value is -4.37. The molecule has 5 rings (SSSR count). The van der Waals surface area contributed by atoms with Gasteiger partial charge < -0.3 is 9.72 Å². The number of benzene rings is 3. The van der Waals surface area contributed by atoms with E-state index in [0.29, 0.717) is 37.6 Å². The summed E-state index contributed by atoms with van der Waals surface area (Å²) >= 11 is 0. The maximum absolute atomic E-state index is 13.4. The number of aromatic nitrogens is 5. The number of pyridine rings is 1. The molecular formula is C30H31FN6O2. The van der Waals surface area contributed by atoms with Gasteiger partial charge in [0.2, 0.25) is 0 Å². The quantitative estimate of drug-likeness (QED) is 0.253. The maximum atomic E-state index is 13.4. The van der Waals surface area contributed by atoms with E-state index in [9.17, 15) is 9.18 Å². The number of tetrazole rings is 1. The number of hydrogen-bond donors (Lipinski definition) is 1. The molecule has 5 aromatic rings. The highest BCUT2D eigenvalue weighted by atomic mass is 19.1. The molecule has 0 saturated heterocycles. The van der Waals surface area contributed by atoms with Gasteiger partial charge in [0.1, 0.15) is 11.6 Å². The fraction of sp³-hybridized carbons (Fsp3) is 0.267. The average Bonchev–Trinajstić information content (AvgIpc) is 3.39. The third-order valence-corrected chi connectivity index (χ3v) is 6.74. The largest absolute Gasteiger partial charge is 0.494 e. The van der Waals surface area contributed by atoms with Gasteiger partial charge in [-0.2, -0.15) is 0 Å². The zero-order valence-electron chi connectivity index (χ0n) is 22.0. The summed E-state index contributed by atoms with van der Waals surface area (Å²) in [5, 5.41) is 13.5. The minimum atomic E-state index is -0.287. The summed E-state index contributed by atoms with van der Waals surface area (Å²) in [6.07, 6.45) is 0.719. The Balaban J connectivity index is 1.50. The van der Waals surface area contributed by atoms with E-state index < -0.39 is 0 Å². The Kier molecular flexibility index (Phi) is 8.07. The number of H-pyrrole nitrogens is 1. The number of nitrogens with one attached hydrogen (secondary N) is 1. The molecule has 0 saturated carbocycles. The average molecular weight is 527 g/mol. The predicted octanol–water partition coefficient (Wildman–Crippen LogP) is 5.25. The molecule has 0 radical (unpaired) electrons. The van der Waals surface area contributed by atoms with Crippen LogP contribution in [0.15, 0.2) is 83.7 Å². The van der Waals surface area contributed by atoms with Crippen LogP contribution in [0.1, 0.15) is 48.8 Å². The van der Waals surface area contributed by atoms with Gasteiger partial charge in [0, 0.05) is 29.6 Å². The normalized spacial score (nSPS) is 12.2. The van der Waals surface area contributed by atoms with Crippen molar-refractivity contribution in [3.05, 3.63) is 118 Å². The summed E-state index contributed by atoms with van der Waals surface area (Å²) in [4.78, 5) is 18.4. The number of rotatable bonds is 11. The summed E-state index contributed by atoms with van der Waals surface area (Å²) in [5.74, 6) is 1.16. The van der Waals surface area contributed by atoms with Crippen LogP contribution in [0.4, 0.5) is 4.39 Å². The molecule has 0 spiro atoms. The topological polar surface area (TPSA) is 88.9 Å². The minimum absolute atomic E-state index is 0.134. The van der Waals surface area contributed by atoms with Crippen LogP contribution in [0.3, 0.4) is 0 Å². The van der Waals surface area contributed by atoms with Crippen LogP contribution < -0.4 is 10.3 Å². The van der Waals surface area contributed by atoms with Gasteiger partial charge in [-0.3, -0.25) is 9.69 Å². The van der Waals surface area contributed by atoms with Gasteiger partial charge in [0.25, 0.3) is 5.56 Å². The van der Waals surface area contributed by atoms with Gasteiger partial charge in [0.15, 0.2) is 5.82 Å². The van der Waals surface area contributed by atoms with Crippen LogP contribution in [0.5, 0.6) is 5.75 Å². The van der Waals surface area contributed by atoms with Gasteiger partial charge in [-0.1, -0.05) is 49.4 Å². The molecule has 0 aliphatic carbocycles. The first-order chi connectivity index (χ1) is 19.0. The van der Waals surface area contributed by atoms with Crippen molar-refractivity contribution in [2.45, 2.75) is 45.9 Å². The van der Waals surface area contributed by atoms with Crippen molar-refractivity contribution in [2.24, 2.45) is 0 Å². The second-order valence-electron chi connectivity index (χ2n) is 9.44. The molecule has 0 unspecified atom stereocenters. The van der Waals surface area contributed by atoms with E-state index in [1.54, 1.807) is 16.8 Å². The molecule has 0 fully saturated rings. The second-order valence-corrected chi connectivity index (χ2v) is 9.44. The van der Waals surface area contributed by atoms with Gasteiger partial charge in [-0.15, -0.1) is 5.10 Å². The molecule has 1 atom stereocenters. The third kappa shape index (κ3) is 6.21. The van der Waals surface area contributed by atoms with Crippen LogP contribution in [0.25, 0.3) is 10.9 Å². The Labute approximate surface area is 226 Å². The van der Waals surface area contributed by atoms with Gasteiger partial charge in [0.05, 0.1) is 19.2 Å². The van der Waals surface area contributed by atoms with Crippen molar-refractivity contribution >= 4 is 10.9 Å². The van der Waals surface area contributed by atoms with Crippen molar-refractivity contribution in [2.75, 3.05) is 6.61 Å². The Morgan fingerprint density at radius 2 is 1.77 bits per heavy atom. The standard InChI is InChI=1S/C30H31FN6O2/c1-3-28(29-33-34-35-37(29)19-22-10-12-25(31)13-11-22)36(18-21-8-6-5-7-9-21)20-24-16-23-17-26(39-4-2)14-15-27(23)32-30(24)38/h5-17,28H,3-4,18-20H2,1-2H3,(H,32,38)/t28-/m1/s1. The Morgan fingerprint density at radius 1 is 0.974 bits per heavy atom. The van der Waals surface area contributed by atoms with Crippen LogP contribution in [-0.2, 0) is 19.6 Å². The SMILES string of the molecule is CCOc1ccc2[nH]c(=O)c(CN(Cc3ccccc3)[C@H](CC)c3nnnn3Cc3ccc(F)cc3)cc2c1. The van der Waals surface area contributed by atoms with E-state index >= 15 is 0 Å². The van der Waals surface area contributed by atoms with Crippen molar-refractivity contribution in [3.8, 4) is 5.75 Å². The summed E-state index contributed by atoms with van der Waals surface area (Å²) in [5.41, 5.74) is 3.28. The molecule has 3 aromatic carbocycles. The monoisotopic (exact) mass is 526 g/mol. The molecule has 0 aliphatic rings. The fourth-order valence-electron chi connectivity index (χ4n) is 4.85. The number of aromatic amines is 1. The van der Waals surface area contributed by atoms with Crippen molar-refractivity contribution < 1.29 is 9.13 Å². The van der Waals surface area contributed by atoms with Crippen LogP contribution in [0.2, 0.25) is 0 Å². The van der Waals surface area contributed by atoms with Crippen molar-refractivity contribution in [1.29, 1.82) is 0 Å². The molecule has 0 aliphatic heterocycles. The van der Waals surface area contributed by atoms with E-state index in [1.807, 2.05) is 49.4 Å². The lowest BCUT2D eigenvalue weighted by Crippen LogP contribution is -2.32. The lowest BCUT2D eigenvalue weighted by molar-refractivity contribution is 0.161. The van der Waals surface area contributed by atoms with Crippen LogP contribution in [0, 0.1) is 5.82 Å². The fourth-order valence-corrected chi connectivity index (χ4v) is 4.85. The van der Waals surface area contributed by atoms with Gasteiger partial charge >= 0.3 is 0 Å². The summed E-state index contributed by atoms with van der Waals surface area (Å²) in [6.45, 7) is 5.99. The first kappa shape index (κ1) is 26.2. The highest BCUT2D eigenvalue weighted by Gasteiger charge is 2.26. The van der Waals surface area contributed by atoms with E-state index in [-0.39, 0.29) is 17.4 Å². The predicted molar refractivity (Wildman–Crippen MR) is 148 cm³/mol. The highest BCUT2D eigenvalue weighted by Crippen LogP contribution is 2.27. The molecule has 8 nitrogen and oxygen atoms in total. The number of ether oxygens (including phenoxy) is 1. The summed E-state index contributed by atoms with van der Waals surface area (Å²) < 4.78 is 20.9. The zero-order chi connectivity index (χ0) is 27.2. The number of halogens is 1. The molecule has 2 aromatic heterocycles. The molecular weight excluding hydrogens is 495 g/mol. The molecule has 200 valence electrons. The number of nitrogens with zero attached hydrogens (tertiary/aromatic N) is 5. The van der Waals surface area contributed by atoms with Gasteiger partial charge in [-0.05, 0) is 71.3 Å². The minimum Gasteiger partial charge on any atom is -0.494 e. The lowest BCUT2D eigenvalue weighted by Gasteiger charge is -2.30. The number of hydrogen-bond acceptors (Lipinski definition) is 6. The lowest BCUT2D eigenvalue weighted by atomic mass is 10.1. The molecule has 1 N–H and O–H groups in total. The first-order valence-electron chi connectivity index (χ1n) is 13.1. The van der Waals surface area contributed by atoms with Crippen LogP contribution in [-0.4, -0.2) is 36.7 Å². The Bertz CT molecular complexity index is 1580. The molecule has 39 heavy (non-hydrogen) atoms. The molecule has 0 bridgehead atoms. The number of fused-ring (bicyclic) bond motifs is 1. The van der Waals surface area contributed by atoms with Gasteiger partial charge in [-0.25, -0.2) is 9.07 Å². The smallest absolute Gasteiger partial charge is 0.252 e. The molecule has 0 amide bonds. The molecule has 2 heterocycles. The van der Waals surface area contributed by atoms with Crippen molar-refractivity contribution in [3.63, 3.8) is 0 Å². The van der Waals surface area contributed by atoms with E-state index in [1.165, 1.54) is 12.1 Å². The maximum Gasteiger partial charge on any atom is 0.252 e. The molecule has 9 heteroatoms. The summed E-state index contributed by atoms with van der Waals surface area (Å²) in [7, 11) is 0. The Morgan fingerprint density at radius 3 is 2.51 bits per heavy atom. The summed E-state index contributed by atoms with van der Waals surface area (Å²) in [6, 6.07) is 23.9. The van der Waals surface area contributed by atoms with Crippen LogP contribution >= 0.6 is 0 Å². The van der Waals surface area contributed by atoms with E-state index in [0.717, 1.165) is 34.2 Å². The van der Waals surface area contributed by atoms with Crippen molar-refractivity contribution in [1.82, 2.24) is 30.1 Å². The van der Waals surface area contributed by atoms with E-state index in [2.05, 4.69) is 44.5 Å². The first-order valence-corrected chi connectivity index (χ1v) is 13.1. The third-order valence-electron chi connectivity index (χ3n) is 6.74. The van der Waals surface area contributed by atoms with E-state index in [4.69, 9.17) is 4.74 Å². The zero-order valence-corrected chi connectivity index (χ0v) is 22.0. The highest BCUT2D eigenvalue weighted by molar-refractivity contribution is 5.80.